The van der Waals surface area contributed by atoms with Gasteiger partial charge < -0.3 is 19.7 Å². The number of rotatable bonds is 8. The van der Waals surface area contributed by atoms with Crippen LogP contribution in [0.1, 0.15) is 31.0 Å². The Balaban J connectivity index is 1.43. The summed E-state index contributed by atoms with van der Waals surface area (Å²) in [6.45, 7) is -1.04. The highest BCUT2D eigenvalue weighted by molar-refractivity contribution is 6.30. The zero-order valence-corrected chi connectivity index (χ0v) is 20.6. The summed E-state index contributed by atoms with van der Waals surface area (Å²) in [6, 6.07) is 1.58. The van der Waals surface area contributed by atoms with Crippen LogP contribution in [0.4, 0.5) is 13.2 Å². The second-order valence-corrected chi connectivity index (χ2v) is 9.86. The Hall–Kier alpha value is -2.58. The molecule has 3 aromatic rings. The molecule has 5 rings (SSSR count). The number of ether oxygens (including phenoxy) is 2. The van der Waals surface area contributed by atoms with E-state index >= 15 is 0 Å². The highest BCUT2D eigenvalue weighted by Gasteiger charge is 2.47. The van der Waals surface area contributed by atoms with Crippen LogP contribution in [-0.2, 0) is 21.4 Å². The number of aromatic nitrogens is 6. The molecule has 2 aliphatic rings. The second kappa shape index (κ2) is 10.3. The Morgan fingerprint density at radius 1 is 1.16 bits per heavy atom. The number of aliphatic hydroxyl groups is 2. The van der Waals surface area contributed by atoms with Crippen LogP contribution in [0, 0.1) is 11.6 Å². The van der Waals surface area contributed by atoms with Gasteiger partial charge in [-0.2, -0.15) is 0 Å². The zero-order valence-electron chi connectivity index (χ0n) is 19.8. The van der Waals surface area contributed by atoms with E-state index in [0.717, 1.165) is 6.42 Å². The Bertz CT molecular complexity index is 1250. The molecule has 0 bridgehead atoms. The molecule has 1 saturated heterocycles. The fourth-order valence-electron chi connectivity index (χ4n) is 5.04. The van der Waals surface area contributed by atoms with Crippen LogP contribution in [-0.4, -0.2) is 85.0 Å². The van der Waals surface area contributed by atoms with Crippen molar-refractivity contribution in [3.63, 3.8) is 0 Å². The van der Waals surface area contributed by atoms with Gasteiger partial charge in [0.15, 0.2) is 11.6 Å². The van der Waals surface area contributed by atoms with Gasteiger partial charge in [0, 0.05) is 25.3 Å². The fourth-order valence-corrected chi connectivity index (χ4v) is 5.18. The van der Waals surface area contributed by atoms with E-state index in [9.17, 15) is 23.4 Å². The third kappa shape index (κ3) is 4.52. The predicted molar refractivity (Wildman–Crippen MR) is 123 cm³/mol. The summed E-state index contributed by atoms with van der Waals surface area (Å²) in [6.07, 6.45) is 1.71. The smallest absolute Gasteiger partial charge is 0.178 e. The third-order valence-corrected chi connectivity index (χ3v) is 7.62. The van der Waals surface area contributed by atoms with Crippen LogP contribution in [0.2, 0.25) is 5.02 Å². The molecule has 0 radical (unpaired) electrons. The summed E-state index contributed by atoms with van der Waals surface area (Å²) in [5.74, 6) is -2.39. The van der Waals surface area contributed by atoms with E-state index in [1.807, 2.05) is 0 Å². The van der Waals surface area contributed by atoms with Crippen molar-refractivity contribution in [2.24, 2.45) is 0 Å². The zero-order chi connectivity index (χ0) is 26.3. The molecule has 1 aliphatic heterocycles. The Morgan fingerprint density at radius 2 is 1.95 bits per heavy atom. The van der Waals surface area contributed by atoms with Crippen LogP contribution in [0.25, 0.3) is 11.3 Å². The number of halogens is 4. The van der Waals surface area contributed by atoms with Crippen molar-refractivity contribution in [1.29, 1.82) is 0 Å². The molecule has 200 valence electrons. The average molecular weight is 543 g/mol. The summed E-state index contributed by atoms with van der Waals surface area (Å²) in [4.78, 5) is 0. The Labute approximate surface area is 214 Å². The van der Waals surface area contributed by atoms with Crippen LogP contribution in [0.15, 0.2) is 24.5 Å². The maximum atomic E-state index is 14.5. The second-order valence-electron chi connectivity index (χ2n) is 9.45. The summed E-state index contributed by atoms with van der Waals surface area (Å²) < 4.78 is 56.6. The van der Waals surface area contributed by atoms with Crippen molar-refractivity contribution in [3.05, 3.63) is 46.9 Å². The van der Waals surface area contributed by atoms with Crippen molar-refractivity contribution < 1.29 is 32.9 Å². The molecule has 0 amide bonds. The molecule has 2 N–H and O–H groups in total. The fraction of sp³-hybridized carbons (Fsp3) is 0.565. The monoisotopic (exact) mass is 542 g/mol. The molecule has 1 aliphatic carbocycles. The van der Waals surface area contributed by atoms with Crippen LogP contribution in [0.5, 0.6) is 0 Å². The molecule has 0 unspecified atom stereocenters. The first-order valence-electron chi connectivity index (χ1n) is 11.8. The summed E-state index contributed by atoms with van der Waals surface area (Å²) >= 11 is 5.65. The highest BCUT2D eigenvalue weighted by Crippen LogP contribution is 2.39. The molecule has 5 atom stereocenters. The lowest BCUT2D eigenvalue weighted by molar-refractivity contribution is -0.212. The molecular weight excluding hydrogens is 517 g/mol. The lowest BCUT2D eigenvalue weighted by Gasteiger charge is -2.43. The lowest BCUT2D eigenvalue weighted by Crippen LogP contribution is -2.57. The summed E-state index contributed by atoms with van der Waals surface area (Å²) in [5, 5.41) is 36.8. The van der Waals surface area contributed by atoms with Crippen LogP contribution >= 0.6 is 11.6 Å². The van der Waals surface area contributed by atoms with Crippen LogP contribution < -0.4 is 0 Å². The lowest BCUT2D eigenvalue weighted by atomic mass is 9.78. The van der Waals surface area contributed by atoms with Gasteiger partial charge in [0.1, 0.15) is 36.7 Å². The maximum Gasteiger partial charge on any atom is 0.178 e. The first-order chi connectivity index (χ1) is 17.8. The van der Waals surface area contributed by atoms with E-state index in [-0.39, 0.29) is 22.7 Å². The van der Waals surface area contributed by atoms with Gasteiger partial charge in [-0.05, 0) is 31.4 Å². The molecule has 0 spiro atoms. The molecular formula is C23H26ClF3N6O4. The van der Waals surface area contributed by atoms with E-state index in [1.165, 1.54) is 30.1 Å². The predicted octanol–water partition coefficient (Wildman–Crippen LogP) is 2.24. The van der Waals surface area contributed by atoms with E-state index in [2.05, 4.69) is 20.6 Å². The number of benzene rings is 1. The Kier molecular flexibility index (Phi) is 7.24. The standard InChI is InChI=1S/C23H26ClF3N6O4/c1-36-22-16(7-12-8-33(31-28-12)23(11-25)5-2-6-23)37-17(10-34)21(35)20(22)32-9-15(29-30-32)13-3-4-14(24)19(27)18(13)26/h3-4,8-9,16-17,20-22,34-35H,2,5-7,10-11H2,1H3/t16-,17-,20+,21+,22+/m1/s1. The van der Waals surface area contributed by atoms with E-state index in [1.54, 1.807) is 10.9 Å². The number of hydrogen-bond acceptors (Lipinski definition) is 8. The summed E-state index contributed by atoms with van der Waals surface area (Å²) in [5.41, 5.74) is -0.289. The van der Waals surface area contributed by atoms with E-state index in [0.29, 0.717) is 18.5 Å². The van der Waals surface area contributed by atoms with Crippen molar-refractivity contribution in [3.8, 4) is 11.3 Å². The van der Waals surface area contributed by atoms with Crippen LogP contribution in [0.3, 0.4) is 0 Å². The van der Waals surface area contributed by atoms with Gasteiger partial charge in [-0.25, -0.2) is 22.5 Å². The minimum absolute atomic E-state index is 0.0127. The van der Waals surface area contributed by atoms with E-state index in [4.69, 9.17) is 21.1 Å². The van der Waals surface area contributed by atoms with Gasteiger partial charge in [-0.15, -0.1) is 10.2 Å². The van der Waals surface area contributed by atoms with Crippen molar-refractivity contribution in [2.45, 2.75) is 61.7 Å². The van der Waals surface area contributed by atoms with Gasteiger partial charge >= 0.3 is 0 Å². The number of methoxy groups -OCH3 is 1. The van der Waals surface area contributed by atoms with Gasteiger partial charge in [-0.1, -0.05) is 22.0 Å². The van der Waals surface area contributed by atoms with E-state index < -0.39 is 60.9 Å². The molecule has 2 fully saturated rings. The van der Waals surface area contributed by atoms with Gasteiger partial charge in [0.25, 0.3) is 0 Å². The number of alkyl halides is 1. The third-order valence-electron chi connectivity index (χ3n) is 7.33. The molecule has 1 aromatic carbocycles. The minimum Gasteiger partial charge on any atom is -0.394 e. The van der Waals surface area contributed by atoms with Crippen molar-refractivity contribution in [2.75, 3.05) is 20.4 Å². The molecule has 37 heavy (non-hydrogen) atoms. The molecule has 14 heteroatoms. The first kappa shape index (κ1) is 26.0. The van der Waals surface area contributed by atoms with Crippen molar-refractivity contribution >= 4 is 11.6 Å². The average Bonchev–Trinajstić information content (AvgIpc) is 3.53. The normalized spacial score (nSPS) is 27.3. The highest BCUT2D eigenvalue weighted by atomic mass is 35.5. The Morgan fingerprint density at radius 3 is 2.59 bits per heavy atom. The summed E-state index contributed by atoms with van der Waals surface area (Å²) in [7, 11) is 1.43. The van der Waals surface area contributed by atoms with Crippen molar-refractivity contribution in [1.82, 2.24) is 30.0 Å². The van der Waals surface area contributed by atoms with Gasteiger partial charge in [-0.3, -0.25) is 0 Å². The topological polar surface area (TPSA) is 120 Å². The van der Waals surface area contributed by atoms with Gasteiger partial charge in [0.05, 0.1) is 35.2 Å². The minimum atomic E-state index is -1.27. The molecule has 3 heterocycles. The quantitative estimate of drug-likeness (QED) is 0.416. The van der Waals surface area contributed by atoms with Gasteiger partial charge in [0.2, 0.25) is 0 Å². The molecule has 2 aromatic heterocycles. The number of nitrogens with zero attached hydrogens (tertiary/aromatic N) is 6. The number of hydrogen-bond donors (Lipinski definition) is 2. The first-order valence-corrected chi connectivity index (χ1v) is 12.2. The SMILES string of the molecule is CO[C@@H]1[C@@H](n2cc(-c3ccc(Cl)c(F)c3F)nn2)[C@@H](O)[C@@H](CO)O[C@@H]1Cc1cn(C2(CF)CCC2)nn1. The largest absolute Gasteiger partial charge is 0.394 e. The number of aliphatic hydroxyl groups excluding tert-OH is 2. The molecule has 10 nitrogen and oxygen atoms in total. The molecule has 1 saturated carbocycles. The maximum absolute atomic E-state index is 14.5.